The molecule has 0 bridgehead atoms. The number of fused-ring (bicyclic) bond motifs is 1. The molecule has 3 N–H and O–H groups in total. The third kappa shape index (κ3) is 1.70. The zero-order valence-electron chi connectivity index (χ0n) is 9.66. The Morgan fingerprint density at radius 1 is 1.56 bits per heavy atom. The van der Waals surface area contributed by atoms with E-state index in [-0.39, 0.29) is 18.1 Å². The lowest BCUT2D eigenvalue weighted by Gasteiger charge is -2.25. The van der Waals surface area contributed by atoms with Crippen LogP contribution < -0.4 is 11.1 Å². The van der Waals surface area contributed by atoms with Crippen LogP contribution in [-0.4, -0.2) is 19.1 Å². The molecule has 2 atom stereocenters. The van der Waals surface area contributed by atoms with E-state index in [2.05, 4.69) is 5.32 Å². The molecule has 2 unspecified atom stereocenters. The molecule has 0 aromatic carbocycles. The molecular formula is C11H16N2O2S. The van der Waals surface area contributed by atoms with E-state index < -0.39 is 0 Å². The summed E-state index contributed by atoms with van der Waals surface area (Å²) in [5.74, 6) is -0.101. The number of amides is 1. The summed E-state index contributed by atoms with van der Waals surface area (Å²) in [5.41, 5.74) is 7.61. The van der Waals surface area contributed by atoms with Crippen LogP contribution >= 0.6 is 11.3 Å². The van der Waals surface area contributed by atoms with Crippen molar-refractivity contribution in [3.05, 3.63) is 16.0 Å². The largest absolute Gasteiger partial charge is 0.390 e. The van der Waals surface area contributed by atoms with Crippen LogP contribution in [0.25, 0.3) is 0 Å². The summed E-state index contributed by atoms with van der Waals surface area (Å²) >= 11 is 1.46. The van der Waals surface area contributed by atoms with E-state index in [4.69, 9.17) is 10.5 Å². The Morgan fingerprint density at radius 3 is 2.88 bits per heavy atom. The second-order valence-corrected chi connectivity index (χ2v) is 5.14. The van der Waals surface area contributed by atoms with Gasteiger partial charge in [-0.15, -0.1) is 11.3 Å². The van der Waals surface area contributed by atoms with Crippen molar-refractivity contribution in [3.63, 3.8) is 0 Å². The Morgan fingerprint density at radius 2 is 2.25 bits per heavy atom. The van der Waals surface area contributed by atoms with Crippen molar-refractivity contribution < 1.29 is 9.53 Å². The lowest BCUT2D eigenvalue weighted by atomic mass is 9.98. The van der Waals surface area contributed by atoms with Gasteiger partial charge in [0.25, 0.3) is 5.91 Å². The van der Waals surface area contributed by atoms with Crippen LogP contribution in [0, 0.1) is 0 Å². The highest BCUT2D eigenvalue weighted by molar-refractivity contribution is 7.16. The summed E-state index contributed by atoms with van der Waals surface area (Å²) in [6, 6.07) is 0. The van der Waals surface area contributed by atoms with E-state index in [1.165, 1.54) is 11.3 Å². The predicted octanol–water partition coefficient (Wildman–Crippen LogP) is 1.71. The Bertz CT molecular complexity index is 428. The fourth-order valence-electron chi connectivity index (χ4n) is 2.15. The van der Waals surface area contributed by atoms with E-state index in [0.29, 0.717) is 10.6 Å². The molecule has 16 heavy (non-hydrogen) atoms. The van der Waals surface area contributed by atoms with Crippen LogP contribution in [-0.2, 0) is 11.2 Å². The fraction of sp³-hybridized carbons (Fsp3) is 0.545. The first-order chi connectivity index (χ1) is 7.54. The highest BCUT2D eigenvalue weighted by Crippen LogP contribution is 2.41. The molecule has 1 aliphatic heterocycles. The number of ether oxygens (including phenoxy) is 1. The maximum Gasteiger partial charge on any atom is 0.254 e. The first-order valence-electron chi connectivity index (χ1n) is 5.33. The SMILES string of the molecule is CNC(=O)c1c(N)sc2c1CC(C)OC2C. The van der Waals surface area contributed by atoms with Crippen LogP contribution in [0.5, 0.6) is 0 Å². The summed E-state index contributed by atoms with van der Waals surface area (Å²) < 4.78 is 5.72. The van der Waals surface area contributed by atoms with Crippen molar-refractivity contribution in [3.8, 4) is 0 Å². The molecule has 5 heteroatoms. The zero-order chi connectivity index (χ0) is 11.9. The number of nitrogens with one attached hydrogen (secondary N) is 1. The first kappa shape index (κ1) is 11.4. The second kappa shape index (κ2) is 4.07. The average Bonchev–Trinajstić information content (AvgIpc) is 2.54. The lowest BCUT2D eigenvalue weighted by Crippen LogP contribution is -2.25. The standard InChI is InChI=1S/C11H16N2O2S/c1-5-4-7-8(11(14)13-3)10(12)16-9(7)6(2)15-5/h5-6H,4,12H2,1-3H3,(H,13,14). The molecule has 2 heterocycles. The molecule has 0 fully saturated rings. The summed E-state index contributed by atoms with van der Waals surface area (Å²) in [5, 5.41) is 3.23. The Labute approximate surface area is 98.8 Å². The van der Waals surface area contributed by atoms with Crippen molar-refractivity contribution in [2.45, 2.75) is 32.5 Å². The number of thiophene rings is 1. The minimum atomic E-state index is -0.101. The number of rotatable bonds is 1. The molecule has 0 radical (unpaired) electrons. The Hall–Kier alpha value is -1.07. The molecule has 4 nitrogen and oxygen atoms in total. The molecule has 0 saturated carbocycles. The molecule has 0 aliphatic carbocycles. The van der Waals surface area contributed by atoms with Gasteiger partial charge >= 0.3 is 0 Å². The van der Waals surface area contributed by atoms with Crippen molar-refractivity contribution in [2.24, 2.45) is 0 Å². The van der Waals surface area contributed by atoms with Gasteiger partial charge in [0.2, 0.25) is 0 Å². The van der Waals surface area contributed by atoms with Gasteiger partial charge in [-0.05, 0) is 19.4 Å². The van der Waals surface area contributed by atoms with E-state index in [0.717, 1.165) is 16.9 Å². The van der Waals surface area contributed by atoms with Gasteiger partial charge in [0.05, 0.1) is 22.8 Å². The minimum absolute atomic E-state index is 0.0319. The molecule has 1 aromatic rings. The fourth-order valence-corrected chi connectivity index (χ4v) is 3.24. The van der Waals surface area contributed by atoms with Gasteiger partial charge in [0.1, 0.15) is 0 Å². The normalized spacial score (nSPS) is 23.9. The van der Waals surface area contributed by atoms with Crippen LogP contribution in [0.3, 0.4) is 0 Å². The molecule has 0 spiro atoms. The Kier molecular flexibility index (Phi) is 2.90. The molecule has 1 amide bonds. The van der Waals surface area contributed by atoms with E-state index in [1.807, 2.05) is 13.8 Å². The number of carbonyl (C=O) groups is 1. The van der Waals surface area contributed by atoms with Crippen molar-refractivity contribution in [1.29, 1.82) is 0 Å². The number of anilines is 1. The van der Waals surface area contributed by atoms with Crippen LogP contribution in [0.2, 0.25) is 0 Å². The van der Waals surface area contributed by atoms with Gasteiger partial charge in [-0.3, -0.25) is 4.79 Å². The van der Waals surface area contributed by atoms with E-state index >= 15 is 0 Å². The number of nitrogen functional groups attached to an aromatic ring is 1. The summed E-state index contributed by atoms with van der Waals surface area (Å²) in [6.07, 6.45) is 0.931. The summed E-state index contributed by atoms with van der Waals surface area (Å²) in [6.45, 7) is 4.01. The smallest absolute Gasteiger partial charge is 0.254 e. The maximum absolute atomic E-state index is 11.8. The predicted molar refractivity (Wildman–Crippen MR) is 64.8 cm³/mol. The third-order valence-electron chi connectivity index (χ3n) is 2.82. The quantitative estimate of drug-likeness (QED) is 0.785. The van der Waals surface area contributed by atoms with E-state index in [9.17, 15) is 4.79 Å². The summed E-state index contributed by atoms with van der Waals surface area (Å²) in [4.78, 5) is 12.8. The molecule has 0 saturated heterocycles. The number of hydrogen-bond donors (Lipinski definition) is 2. The second-order valence-electron chi connectivity index (χ2n) is 4.06. The topological polar surface area (TPSA) is 64.4 Å². The molecule has 1 aromatic heterocycles. The highest BCUT2D eigenvalue weighted by Gasteiger charge is 2.30. The number of nitrogens with two attached hydrogens (primary N) is 1. The Balaban J connectivity index is 2.51. The van der Waals surface area contributed by atoms with Crippen LogP contribution in [0.15, 0.2) is 0 Å². The zero-order valence-corrected chi connectivity index (χ0v) is 10.5. The first-order valence-corrected chi connectivity index (χ1v) is 6.14. The lowest BCUT2D eigenvalue weighted by molar-refractivity contribution is -0.00228. The third-order valence-corrected chi connectivity index (χ3v) is 4.04. The number of hydrogen-bond acceptors (Lipinski definition) is 4. The van der Waals surface area contributed by atoms with Crippen molar-refractivity contribution >= 4 is 22.2 Å². The maximum atomic E-state index is 11.8. The molecular weight excluding hydrogens is 224 g/mol. The average molecular weight is 240 g/mol. The highest BCUT2D eigenvalue weighted by atomic mass is 32.1. The van der Waals surface area contributed by atoms with Gasteiger partial charge in [-0.2, -0.15) is 0 Å². The van der Waals surface area contributed by atoms with Crippen LogP contribution in [0.4, 0.5) is 5.00 Å². The van der Waals surface area contributed by atoms with Crippen LogP contribution in [0.1, 0.15) is 40.8 Å². The van der Waals surface area contributed by atoms with Crippen molar-refractivity contribution in [1.82, 2.24) is 5.32 Å². The summed E-state index contributed by atoms with van der Waals surface area (Å²) in [7, 11) is 1.62. The minimum Gasteiger partial charge on any atom is -0.390 e. The van der Waals surface area contributed by atoms with Gasteiger partial charge in [0, 0.05) is 18.3 Å². The van der Waals surface area contributed by atoms with Gasteiger partial charge in [0.15, 0.2) is 0 Å². The number of carbonyl (C=O) groups excluding carboxylic acids is 1. The van der Waals surface area contributed by atoms with Gasteiger partial charge < -0.3 is 15.8 Å². The van der Waals surface area contributed by atoms with E-state index in [1.54, 1.807) is 7.05 Å². The van der Waals surface area contributed by atoms with Crippen molar-refractivity contribution in [2.75, 3.05) is 12.8 Å². The molecule has 1 aliphatic rings. The molecule has 88 valence electrons. The van der Waals surface area contributed by atoms with Gasteiger partial charge in [-0.1, -0.05) is 0 Å². The van der Waals surface area contributed by atoms with Gasteiger partial charge in [-0.25, -0.2) is 0 Å². The molecule has 2 rings (SSSR count). The monoisotopic (exact) mass is 240 g/mol.